The van der Waals surface area contributed by atoms with Crippen molar-refractivity contribution in [1.29, 1.82) is 0 Å². The van der Waals surface area contributed by atoms with E-state index in [1.807, 2.05) is 14.0 Å². The Morgan fingerprint density at radius 2 is 1.69 bits per heavy atom. The molecule has 140 valence electrons. The van der Waals surface area contributed by atoms with Crippen LogP contribution in [0.15, 0.2) is 59.6 Å². The number of aliphatic imine (C=N–C) groups is 1. The molecule has 0 aliphatic carbocycles. The second-order valence-electron chi connectivity index (χ2n) is 6.45. The molecule has 1 unspecified atom stereocenters. The first-order valence-electron chi connectivity index (χ1n) is 9.38. The molecule has 0 saturated heterocycles. The number of nitrogens with zero attached hydrogens (tertiary/aromatic N) is 1. The molecule has 0 aromatic heterocycles. The Kier molecular flexibility index (Phi) is 8.70. The van der Waals surface area contributed by atoms with Crippen molar-refractivity contribution in [3.05, 3.63) is 71.3 Å². The number of rotatable bonds is 9. The zero-order chi connectivity index (χ0) is 18.6. The van der Waals surface area contributed by atoms with E-state index in [1.54, 1.807) is 0 Å². The van der Waals surface area contributed by atoms with Crippen LogP contribution >= 0.6 is 0 Å². The number of ether oxygens (including phenoxy) is 1. The molecule has 0 heterocycles. The van der Waals surface area contributed by atoms with Gasteiger partial charge in [0, 0.05) is 26.2 Å². The molecule has 4 heteroatoms. The maximum Gasteiger partial charge on any atom is 0.191 e. The molecule has 0 aliphatic heterocycles. The summed E-state index contributed by atoms with van der Waals surface area (Å²) in [6.45, 7) is 6.37. The van der Waals surface area contributed by atoms with Crippen LogP contribution in [0.5, 0.6) is 0 Å². The van der Waals surface area contributed by atoms with Crippen molar-refractivity contribution in [2.75, 3.05) is 13.7 Å². The number of hydrogen-bond acceptors (Lipinski definition) is 2. The van der Waals surface area contributed by atoms with Crippen LogP contribution in [0, 0.1) is 0 Å². The summed E-state index contributed by atoms with van der Waals surface area (Å²) in [5.74, 6) is 0.837. The average Bonchev–Trinajstić information content (AvgIpc) is 2.69. The van der Waals surface area contributed by atoms with Crippen LogP contribution in [0.3, 0.4) is 0 Å². The summed E-state index contributed by atoms with van der Waals surface area (Å²) in [7, 11) is 1.81. The van der Waals surface area contributed by atoms with Gasteiger partial charge in [-0.15, -0.1) is 0 Å². The molecule has 0 bridgehead atoms. The zero-order valence-electron chi connectivity index (χ0n) is 16.2. The van der Waals surface area contributed by atoms with E-state index < -0.39 is 0 Å². The fourth-order valence-corrected chi connectivity index (χ4v) is 2.69. The largest absolute Gasteiger partial charge is 0.377 e. The maximum absolute atomic E-state index is 5.43. The van der Waals surface area contributed by atoms with Gasteiger partial charge in [-0.3, -0.25) is 4.99 Å². The monoisotopic (exact) mass is 353 g/mol. The first-order chi connectivity index (χ1) is 12.7. The molecule has 0 aliphatic rings. The van der Waals surface area contributed by atoms with Crippen LogP contribution in [0.25, 0.3) is 0 Å². The van der Waals surface area contributed by atoms with Crippen LogP contribution in [-0.2, 0) is 24.3 Å². The second-order valence-corrected chi connectivity index (χ2v) is 6.45. The third kappa shape index (κ3) is 7.28. The van der Waals surface area contributed by atoms with E-state index in [1.165, 1.54) is 16.7 Å². The highest BCUT2D eigenvalue weighted by molar-refractivity contribution is 5.79. The lowest BCUT2D eigenvalue weighted by atomic mass is 10.1. The van der Waals surface area contributed by atoms with E-state index in [-0.39, 0.29) is 0 Å². The predicted octanol–water partition coefficient (Wildman–Crippen LogP) is 3.91. The van der Waals surface area contributed by atoms with Crippen molar-refractivity contribution in [2.45, 2.75) is 45.9 Å². The minimum atomic E-state index is 0.356. The van der Waals surface area contributed by atoms with E-state index >= 15 is 0 Å². The first kappa shape index (κ1) is 20.0. The van der Waals surface area contributed by atoms with Gasteiger partial charge in [0.25, 0.3) is 0 Å². The molecule has 0 fully saturated rings. The molecule has 0 amide bonds. The van der Waals surface area contributed by atoms with E-state index in [4.69, 9.17) is 4.74 Å². The summed E-state index contributed by atoms with van der Waals surface area (Å²) in [4.78, 5) is 4.33. The highest BCUT2D eigenvalue weighted by Crippen LogP contribution is 2.06. The Labute approximate surface area is 157 Å². The SMILES string of the molecule is CCOCc1ccc(CNC(=NC)NC(C)CCc2ccccc2)cc1. The number of guanidine groups is 1. The third-order valence-electron chi connectivity index (χ3n) is 4.27. The van der Waals surface area contributed by atoms with Crippen LogP contribution in [0.4, 0.5) is 0 Å². The van der Waals surface area contributed by atoms with Gasteiger partial charge in [0.1, 0.15) is 0 Å². The quantitative estimate of drug-likeness (QED) is 0.531. The fraction of sp³-hybridized carbons (Fsp3) is 0.409. The Morgan fingerprint density at radius 3 is 2.35 bits per heavy atom. The van der Waals surface area contributed by atoms with Gasteiger partial charge in [-0.2, -0.15) is 0 Å². The van der Waals surface area contributed by atoms with Gasteiger partial charge in [0.2, 0.25) is 0 Å². The summed E-state index contributed by atoms with van der Waals surface area (Å²) in [6.07, 6.45) is 2.13. The van der Waals surface area contributed by atoms with E-state index in [0.29, 0.717) is 12.6 Å². The molecule has 4 nitrogen and oxygen atoms in total. The molecule has 2 N–H and O–H groups in total. The Hall–Kier alpha value is -2.33. The second kappa shape index (κ2) is 11.3. The van der Waals surface area contributed by atoms with E-state index in [0.717, 1.165) is 32.0 Å². The maximum atomic E-state index is 5.43. The van der Waals surface area contributed by atoms with E-state index in [2.05, 4.69) is 77.1 Å². The molecule has 26 heavy (non-hydrogen) atoms. The van der Waals surface area contributed by atoms with Crippen molar-refractivity contribution in [2.24, 2.45) is 4.99 Å². The average molecular weight is 354 g/mol. The van der Waals surface area contributed by atoms with E-state index in [9.17, 15) is 0 Å². The minimum absolute atomic E-state index is 0.356. The van der Waals surface area contributed by atoms with Gasteiger partial charge in [-0.25, -0.2) is 0 Å². The Bertz CT molecular complexity index is 653. The van der Waals surface area contributed by atoms with Crippen molar-refractivity contribution < 1.29 is 4.74 Å². The van der Waals surface area contributed by atoms with Gasteiger partial charge in [0.15, 0.2) is 5.96 Å². The van der Waals surface area contributed by atoms with Crippen molar-refractivity contribution in [3.63, 3.8) is 0 Å². The normalized spacial score (nSPS) is 12.7. The molecular weight excluding hydrogens is 322 g/mol. The number of nitrogens with one attached hydrogen (secondary N) is 2. The van der Waals surface area contributed by atoms with Gasteiger partial charge in [-0.05, 0) is 43.4 Å². The van der Waals surface area contributed by atoms with Gasteiger partial charge in [0.05, 0.1) is 6.61 Å². The Balaban J connectivity index is 1.74. The predicted molar refractivity (Wildman–Crippen MR) is 109 cm³/mol. The summed E-state index contributed by atoms with van der Waals surface area (Å²) < 4.78 is 5.43. The fourth-order valence-electron chi connectivity index (χ4n) is 2.69. The molecule has 1 atom stereocenters. The number of benzene rings is 2. The topological polar surface area (TPSA) is 45.6 Å². The van der Waals surface area contributed by atoms with Gasteiger partial charge in [-0.1, -0.05) is 54.6 Å². The Morgan fingerprint density at radius 1 is 1.00 bits per heavy atom. The summed E-state index contributed by atoms with van der Waals surface area (Å²) >= 11 is 0. The van der Waals surface area contributed by atoms with Crippen LogP contribution in [0.1, 0.15) is 37.0 Å². The lowest BCUT2D eigenvalue weighted by molar-refractivity contribution is 0.134. The van der Waals surface area contributed by atoms with Crippen molar-refractivity contribution >= 4 is 5.96 Å². The molecule has 0 radical (unpaired) electrons. The van der Waals surface area contributed by atoms with Crippen LogP contribution in [-0.4, -0.2) is 25.7 Å². The molecule has 2 aromatic carbocycles. The van der Waals surface area contributed by atoms with Gasteiger partial charge < -0.3 is 15.4 Å². The van der Waals surface area contributed by atoms with Crippen LogP contribution < -0.4 is 10.6 Å². The first-order valence-corrected chi connectivity index (χ1v) is 9.38. The third-order valence-corrected chi connectivity index (χ3v) is 4.27. The molecule has 0 saturated carbocycles. The van der Waals surface area contributed by atoms with Crippen LogP contribution in [0.2, 0.25) is 0 Å². The molecule has 2 aromatic rings. The summed E-state index contributed by atoms with van der Waals surface area (Å²) in [5, 5.41) is 6.85. The van der Waals surface area contributed by atoms with Crippen molar-refractivity contribution in [3.8, 4) is 0 Å². The number of aryl methyl sites for hydroxylation is 1. The molecule has 2 rings (SSSR count). The summed E-state index contributed by atoms with van der Waals surface area (Å²) in [6, 6.07) is 19.4. The highest BCUT2D eigenvalue weighted by atomic mass is 16.5. The highest BCUT2D eigenvalue weighted by Gasteiger charge is 2.06. The lowest BCUT2D eigenvalue weighted by Crippen LogP contribution is -2.42. The number of hydrogen-bond donors (Lipinski definition) is 2. The molecular formula is C22H31N3O. The minimum Gasteiger partial charge on any atom is -0.377 e. The lowest BCUT2D eigenvalue weighted by Gasteiger charge is -2.18. The van der Waals surface area contributed by atoms with Crippen molar-refractivity contribution in [1.82, 2.24) is 10.6 Å². The van der Waals surface area contributed by atoms with Gasteiger partial charge >= 0.3 is 0 Å². The molecule has 0 spiro atoms. The standard InChI is InChI=1S/C22H31N3O/c1-4-26-17-21-14-12-20(13-15-21)16-24-22(23-3)25-18(2)10-11-19-8-6-5-7-9-19/h5-9,12-15,18H,4,10-11,16-17H2,1-3H3,(H2,23,24,25). The smallest absolute Gasteiger partial charge is 0.191 e. The zero-order valence-corrected chi connectivity index (χ0v) is 16.2. The summed E-state index contributed by atoms with van der Waals surface area (Å²) in [5.41, 5.74) is 3.80.